The lowest BCUT2D eigenvalue weighted by molar-refractivity contribution is -0.176. The van der Waals surface area contributed by atoms with E-state index in [1.165, 1.54) is 0 Å². The number of guanidine groups is 1. The van der Waals surface area contributed by atoms with Gasteiger partial charge in [0.1, 0.15) is 11.6 Å². The van der Waals surface area contributed by atoms with Gasteiger partial charge in [-0.25, -0.2) is 9.98 Å². The second kappa shape index (κ2) is 10.3. The molecule has 27 heavy (non-hydrogen) atoms. The quantitative estimate of drug-likeness (QED) is 0.523. The zero-order valence-corrected chi connectivity index (χ0v) is 16.1. The fourth-order valence-corrected chi connectivity index (χ4v) is 2.91. The lowest BCUT2D eigenvalue weighted by atomic mass is 10.1. The predicted octanol–water partition coefficient (Wildman–Crippen LogP) is 3.79. The molecule has 0 spiro atoms. The summed E-state index contributed by atoms with van der Waals surface area (Å²) >= 11 is 1.63. The molecule has 9 heteroatoms. The van der Waals surface area contributed by atoms with Crippen LogP contribution in [0, 0.1) is 6.92 Å². The number of aliphatic imine (C=N–C) groups is 1. The molecule has 0 atom stereocenters. The van der Waals surface area contributed by atoms with E-state index in [-0.39, 0.29) is 6.61 Å². The Morgan fingerprint density at radius 1 is 1.19 bits per heavy atom. The lowest BCUT2D eigenvalue weighted by Gasteiger charge is -2.10. The number of aryl methyl sites for hydroxylation is 1. The predicted molar refractivity (Wildman–Crippen MR) is 101 cm³/mol. The molecule has 2 N–H and O–H groups in total. The SMILES string of the molecule is CCNC(=NCc1ccc(COCC(F)(F)F)cc1)NCc1ncc(C)s1. The number of rotatable bonds is 8. The first-order valence-electron chi connectivity index (χ1n) is 8.51. The van der Waals surface area contributed by atoms with Gasteiger partial charge in [-0.15, -0.1) is 11.3 Å². The van der Waals surface area contributed by atoms with Crippen LogP contribution in [0.5, 0.6) is 0 Å². The Bertz CT molecular complexity index is 729. The third-order valence-electron chi connectivity index (χ3n) is 3.40. The van der Waals surface area contributed by atoms with Crippen molar-refractivity contribution in [1.29, 1.82) is 0 Å². The van der Waals surface area contributed by atoms with E-state index in [0.29, 0.717) is 24.6 Å². The van der Waals surface area contributed by atoms with Crippen LogP contribution in [0.1, 0.15) is 27.9 Å². The van der Waals surface area contributed by atoms with Gasteiger partial charge in [-0.3, -0.25) is 0 Å². The van der Waals surface area contributed by atoms with Crippen LogP contribution in [0.15, 0.2) is 35.5 Å². The van der Waals surface area contributed by atoms with Gasteiger partial charge in [0.05, 0.1) is 19.7 Å². The molecule has 0 fully saturated rings. The van der Waals surface area contributed by atoms with Gasteiger partial charge in [0.15, 0.2) is 5.96 Å². The summed E-state index contributed by atoms with van der Waals surface area (Å²) in [6.07, 6.45) is -2.46. The highest BCUT2D eigenvalue weighted by Gasteiger charge is 2.27. The van der Waals surface area contributed by atoms with E-state index >= 15 is 0 Å². The topological polar surface area (TPSA) is 58.5 Å². The second-order valence-electron chi connectivity index (χ2n) is 5.84. The Hall–Kier alpha value is -2.13. The molecule has 0 saturated carbocycles. The third-order valence-corrected chi connectivity index (χ3v) is 4.31. The largest absolute Gasteiger partial charge is 0.411 e. The highest BCUT2D eigenvalue weighted by Crippen LogP contribution is 2.16. The van der Waals surface area contributed by atoms with Crippen molar-refractivity contribution in [2.75, 3.05) is 13.2 Å². The number of nitrogens with one attached hydrogen (secondary N) is 2. The zero-order valence-electron chi connectivity index (χ0n) is 15.3. The Balaban J connectivity index is 1.85. The first-order chi connectivity index (χ1) is 12.9. The van der Waals surface area contributed by atoms with E-state index < -0.39 is 12.8 Å². The van der Waals surface area contributed by atoms with Crippen molar-refractivity contribution in [3.8, 4) is 0 Å². The van der Waals surface area contributed by atoms with Crippen LogP contribution < -0.4 is 10.6 Å². The number of alkyl halides is 3. The molecule has 0 amide bonds. The minimum absolute atomic E-state index is 0.0690. The molecule has 1 heterocycles. The molecule has 0 aliphatic carbocycles. The monoisotopic (exact) mass is 400 g/mol. The van der Waals surface area contributed by atoms with Crippen molar-refractivity contribution in [2.45, 2.75) is 39.7 Å². The average molecular weight is 400 g/mol. The summed E-state index contributed by atoms with van der Waals surface area (Å²) in [7, 11) is 0. The van der Waals surface area contributed by atoms with Crippen molar-refractivity contribution in [3.05, 3.63) is 51.5 Å². The summed E-state index contributed by atoms with van der Waals surface area (Å²) in [5.74, 6) is 0.683. The number of aromatic nitrogens is 1. The van der Waals surface area contributed by atoms with Crippen molar-refractivity contribution < 1.29 is 17.9 Å². The minimum Gasteiger partial charge on any atom is -0.367 e. The number of benzene rings is 1. The molecule has 0 saturated heterocycles. The van der Waals surface area contributed by atoms with Crippen LogP contribution in [-0.4, -0.2) is 30.3 Å². The van der Waals surface area contributed by atoms with Crippen LogP contribution in [0.4, 0.5) is 13.2 Å². The summed E-state index contributed by atoms with van der Waals surface area (Å²) < 4.78 is 40.9. The molecule has 0 aliphatic rings. The van der Waals surface area contributed by atoms with Crippen molar-refractivity contribution >= 4 is 17.3 Å². The maximum Gasteiger partial charge on any atom is 0.411 e. The number of halogens is 3. The van der Waals surface area contributed by atoms with E-state index in [2.05, 4.69) is 25.3 Å². The summed E-state index contributed by atoms with van der Waals surface area (Å²) in [5, 5.41) is 7.39. The van der Waals surface area contributed by atoms with E-state index in [1.54, 1.807) is 23.5 Å². The molecule has 2 aromatic rings. The molecule has 1 aromatic heterocycles. The highest BCUT2D eigenvalue weighted by molar-refractivity contribution is 7.11. The van der Waals surface area contributed by atoms with Gasteiger partial charge in [0.25, 0.3) is 0 Å². The van der Waals surface area contributed by atoms with Gasteiger partial charge in [-0.05, 0) is 25.0 Å². The van der Waals surface area contributed by atoms with E-state index in [4.69, 9.17) is 0 Å². The molecule has 0 unspecified atom stereocenters. The Morgan fingerprint density at radius 2 is 1.89 bits per heavy atom. The van der Waals surface area contributed by atoms with Crippen LogP contribution in [0.2, 0.25) is 0 Å². The van der Waals surface area contributed by atoms with Crippen molar-refractivity contribution in [1.82, 2.24) is 15.6 Å². The van der Waals surface area contributed by atoms with E-state index in [9.17, 15) is 13.2 Å². The summed E-state index contributed by atoms with van der Waals surface area (Å²) in [6.45, 7) is 4.47. The Kier molecular flexibility index (Phi) is 8.05. The number of hydrogen-bond acceptors (Lipinski definition) is 4. The molecular weight excluding hydrogens is 377 g/mol. The molecule has 5 nitrogen and oxygen atoms in total. The van der Waals surface area contributed by atoms with Crippen LogP contribution >= 0.6 is 11.3 Å². The highest BCUT2D eigenvalue weighted by atomic mass is 32.1. The summed E-state index contributed by atoms with van der Waals surface area (Å²) in [4.78, 5) is 9.99. The Labute approximate surface area is 160 Å². The smallest absolute Gasteiger partial charge is 0.367 e. The van der Waals surface area contributed by atoms with Crippen LogP contribution in [-0.2, 0) is 24.4 Å². The first kappa shape index (κ1) is 21.2. The fourth-order valence-electron chi connectivity index (χ4n) is 2.18. The van der Waals surface area contributed by atoms with Gasteiger partial charge >= 0.3 is 6.18 Å². The van der Waals surface area contributed by atoms with Crippen LogP contribution in [0.3, 0.4) is 0 Å². The molecule has 0 bridgehead atoms. The normalized spacial score (nSPS) is 12.3. The van der Waals surface area contributed by atoms with Gasteiger partial charge in [0, 0.05) is 17.6 Å². The van der Waals surface area contributed by atoms with Gasteiger partial charge < -0.3 is 15.4 Å². The van der Waals surface area contributed by atoms with Gasteiger partial charge in [-0.2, -0.15) is 13.2 Å². The maximum atomic E-state index is 12.1. The number of hydrogen-bond donors (Lipinski definition) is 2. The third kappa shape index (κ3) is 8.40. The van der Waals surface area contributed by atoms with Crippen molar-refractivity contribution in [2.24, 2.45) is 4.99 Å². The average Bonchev–Trinajstić information content (AvgIpc) is 3.03. The summed E-state index contributed by atoms with van der Waals surface area (Å²) in [6, 6.07) is 7.17. The lowest BCUT2D eigenvalue weighted by Crippen LogP contribution is -2.36. The Morgan fingerprint density at radius 3 is 2.48 bits per heavy atom. The van der Waals surface area contributed by atoms with E-state index in [0.717, 1.165) is 22.0 Å². The molecule has 0 aliphatic heterocycles. The molecule has 148 valence electrons. The van der Waals surface area contributed by atoms with Gasteiger partial charge in [-0.1, -0.05) is 24.3 Å². The molecule has 2 rings (SSSR count). The zero-order chi connectivity index (χ0) is 19.7. The molecule has 1 aromatic carbocycles. The number of thiazole rings is 1. The second-order valence-corrected chi connectivity index (χ2v) is 7.16. The number of ether oxygens (including phenoxy) is 1. The van der Waals surface area contributed by atoms with Crippen molar-refractivity contribution in [3.63, 3.8) is 0 Å². The summed E-state index contributed by atoms with van der Waals surface area (Å²) in [5.41, 5.74) is 1.65. The standard InChI is InChI=1S/C18H23F3N4OS/c1-3-22-17(25-10-16-23-8-13(2)27-16)24-9-14-4-6-15(7-5-14)11-26-12-18(19,20)21/h4-8H,3,9-12H2,1-2H3,(H2,22,24,25). The fraction of sp³-hybridized carbons (Fsp3) is 0.444. The molecular formula is C18H23F3N4OS. The van der Waals surface area contributed by atoms with E-state index in [1.807, 2.05) is 32.2 Å². The number of nitrogens with zero attached hydrogens (tertiary/aromatic N) is 2. The first-order valence-corrected chi connectivity index (χ1v) is 9.33. The van der Waals surface area contributed by atoms with Gasteiger partial charge in [0.2, 0.25) is 0 Å². The molecule has 0 radical (unpaired) electrons. The van der Waals surface area contributed by atoms with Crippen LogP contribution in [0.25, 0.3) is 0 Å². The minimum atomic E-state index is -4.30. The maximum absolute atomic E-state index is 12.1.